The molecule has 5 heteroatoms. The van der Waals surface area contributed by atoms with Crippen LogP contribution >= 0.6 is 15.9 Å². The minimum atomic E-state index is -4.29. The lowest BCUT2D eigenvalue weighted by Crippen LogP contribution is -2.30. The van der Waals surface area contributed by atoms with Crippen molar-refractivity contribution in [3.63, 3.8) is 0 Å². The van der Waals surface area contributed by atoms with Crippen LogP contribution in [0.2, 0.25) is 0 Å². The number of hydrogen-bond acceptors (Lipinski definition) is 1. The molecule has 0 saturated heterocycles. The second-order valence-electron chi connectivity index (χ2n) is 5.09. The number of halogens is 4. The topological polar surface area (TPSA) is 12.0 Å². The minimum Gasteiger partial charge on any atom is -0.379 e. The van der Waals surface area contributed by atoms with E-state index in [2.05, 4.69) is 28.2 Å². The lowest BCUT2D eigenvalue weighted by molar-refractivity contribution is -0.137. The van der Waals surface area contributed by atoms with E-state index in [-0.39, 0.29) is 5.54 Å². The standard InChI is InChI=1S/C13H15BrF3N/c1-12(6-2-3-7-12)18-11-5-4-9(8-10(11)14)13(15,16)17/h4-5,8,18H,2-3,6-7H2,1H3. The van der Waals surface area contributed by atoms with Crippen LogP contribution in [-0.2, 0) is 6.18 Å². The first-order valence-corrected chi connectivity index (χ1v) is 6.74. The quantitative estimate of drug-likeness (QED) is 0.788. The second-order valence-corrected chi connectivity index (χ2v) is 5.94. The fourth-order valence-electron chi connectivity index (χ4n) is 2.40. The van der Waals surface area contributed by atoms with Gasteiger partial charge in [-0.15, -0.1) is 0 Å². The van der Waals surface area contributed by atoms with Crippen molar-refractivity contribution in [2.45, 2.75) is 44.3 Å². The van der Waals surface area contributed by atoms with Gasteiger partial charge in [0, 0.05) is 15.7 Å². The number of nitrogens with one attached hydrogen (secondary N) is 1. The van der Waals surface area contributed by atoms with Crippen molar-refractivity contribution in [2.75, 3.05) is 5.32 Å². The van der Waals surface area contributed by atoms with Gasteiger partial charge in [-0.3, -0.25) is 0 Å². The van der Waals surface area contributed by atoms with Gasteiger partial charge < -0.3 is 5.32 Å². The molecule has 1 fully saturated rings. The van der Waals surface area contributed by atoms with E-state index in [1.165, 1.54) is 18.9 Å². The third kappa shape index (κ3) is 2.99. The average Bonchev–Trinajstić information content (AvgIpc) is 2.67. The first kappa shape index (κ1) is 13.7. The summed E-state index contributed by atoms with van der Waals surface area (Å²) in [4.78, 5) is 0. The molecule has 0 unspecified atom stereocenters. The average molecular weight is 322 g/mol. The summed E-state index contributed by atoms with van der Waals surface area (Å²) < 4.78 is 38.1. The zero-order valence-electron chi connectivity index (χ0n) is 10.1. The maximum atomic E-state index is 12.5. The molecule has 0 atom stereocenters. The Morgan fingerprint density at radius 2 is 1.83 bits per heavy atom. The number of hydrogen-bond donors (Lipinski definition) is 1. The van der Waals surface area contributed by atoms with Gasteiger partial charge in [-0.25, -0.2) is 0 Å². The van der Waals surface area contributed by atoms with Crippen LogP contribution in [0.5, 0.6) is 0 Å². The molecular formula is C13H15BrF3N. The Balaban J connectivity index is 2.20. The molecule has 1 aromatic carbocycles. The molecule has 1 saturated carbocycles. The van der Waals surface area contributed by atoms with Crippen molar-refractivity contribution in [2.24, 2.45) is 0 Å². The molecule has 0 amide bonds. The summed E-state index contributed by atoms with van der Waals surface area (Å²) in [5.74, 6) is 0. The van der Waals surface area contributed by atoms with Crippen LogP contribution in [-0.4, -0.2) is 5.54 Å². The number of benzene rings is 1. The van der Waals surface area contributed by atoms with E-state index < -0.39 is 11.7 Å². The van der Waals surface area contributed by atoms with E-state index >= 15 is 0 Å². The highest BCUT2D eigenvalue weighted by atomic mass is 79.9. The molecule has 1 aliphatic rings. The highest BCUT2D eigenvalue weighted by Gasteiger charge is 2.32. The van der Waals surface area contributed by atoms with Crippen molar-refractivity contribution in [1.29, 1.82) is 0 Å². The fourth-order valence-corrected chi connectivity index (χ4v) is 2.88. The Hall–Kier alpha value is -0.710. The van der Waals surface area contributed by atoms with E-state index in [4.69, 9.17) is 0 Å². The molecule has 0 aliphatic heterocycles. The normalized spacial score (nSPS) is 18.9. The van der Waals surface area contributed by atoms with E-state index in [9.17, 15) is 13.2 Å². The van der Waals surface area contributed by atoms with E-state index in [1.54, 1.807) is 0 Å². The first-order chi connectivity index (χ1) is 8.30. The third-order valence-corrected chi connectivity index (χ3v) is 4.10. The molecule has 1 N–H and O–H groups in total. The molecule has 2 rings (SSSR count). The van der Waals surface area contributed by atoms with E-state index in [1.807, 2.05) is 0 Å². The van der Waals surface area contributed by atoms with Gasteiger partial charge in [-0.2, -0.15) is 13.2 Å². The minimum absolute atomic E-state index is 0.00225. The Labute approximate surface area is 113 Å². The third-order valence-electron chi connectivity index (χ3n) is 3.44. The van der Waals surface area contributed by atoms with Crippen LogP contribution in [0, 0.1) is 0 Å². The number of rotatable bonds is 2. The Kier molecular flexibility index (Phi) is 3.63. The maximum absolute atomic E-state index is 12.5. The van der Waals surface area contributed by atoms with E-state index in [0.717, 1.165) is 30.7 Å². The lowest BCUT2D eigenvalue weighted by atomic mass is 10.00. The summed E-state index contributed by atoms with van der Waals surface area (Å²) in [7, 11) is 0. The molecule has 0 heterocycles. The monoisotopic (exact) mass is 321 g/mol. The number of alkyl halides is 3. The smallest absolute Gasteiger partial charge is 0.379 e. The van der Waals surface area contributed by atoms with Crippen molar-refractivity contribution < 1.29 is 13.2 Å². The maximum Gasteiger partial charge on any atom is 0.416 e. The van der Waals surface area contributed by atoms with Gasteiger partial charge in [-0.1, -0.05) is 12.8 Å². The van der Waals surface area contributed by atoms with Crippen LogP contribution in [0.25, 0.3) is 0 Å². The Morgan fingerprint density at radius 3 is 2.33 bits per heavy atom. The van der Waals surface area contributed by atoms with Crippen LogP contribution < -0.4 is 5.32 Å². The Bertz CT molecular complexity index is 436. The number of anilines is 1. The van der Waals surface area contributed by atoms with Crippen LogP contribution in [0.15, 0.2) is 22.7 Å². The van der Waals surface area contributed by atoms with Gasteiger partial charge >= 0.3 is 6.18 Å². The lowest BCUT2D eigenvalue weighted by Gasteiger charge is -2.27. The van der Waals surface area contributed by atoms with Gasteiger partial charge in [0.05, 0.1) is 5.56 Å². The molecule has 0 aromatic heterocycles. The molecule has 0 bridgehead atoms. The zero-order chi connectivity index (χ0) is 13.4. The largest absolute Gasteiger partial charge is 0.416 e. The van der Waals surface area contributed by atoms with Crippen LogP contribution in [0.4, 0.5) is 18.9 Å². The summed E-state index contributed by atoms with van der Waals surface area (Å²) in [5.41, 5.74) is 0.103. The van der Waals surface area contributed by atoms with Crippen LogP contribution in [0.3, 0.4) is 0 Å². The highest BCUT2D eigenvalue weighted by Crippen LogP contribution is 2.37. The van der Waals surface area contributed by atoms with Crippen molar-refractivity contribution in [3.05, 3.63) is 28.2 Å². The summed E-state index contributed by atoms with van der Waals surface area (Å²) in [5, 5.41) is 3.35. The molecule has 1 nitrogen and oxygen atoms in total. The zero-order valence-corrected chi connectivity index (χ0v) is 11.7. The molecule has 1 aromatic rings. The molecule has 0 spiro atoms. The summed E-state index contributed by atoms with van der Waals surface area (Å²) in [6.45, 7) is 2.12. The van der Waals surface area contributed by atoms with E-state index in [0.29, 0.717) is 4.47 Å². The molecule has 100 valence electrons. The summed E-state index contributed by atoms with van der Waals surface area (Å²) >= 11 is 3.21. The molecule has 18 heavy (non-hydrogen) atoms. The highest BCUT2D eigenvalue weighted by molar-refractivity contribution is 9.10. The second kappa shape index (κ2) is 4.76. The van der Waals surface area contributed by atoms with Crippen molar-refractivity contribution in [3.8, 4) is 0 Å². The molecular weight excluding hydrogens is 307 g/mol. The summed E-state index contributed by atoms with van der Waals surface area (Å²) in [6, 6.07) is 3.74. The first-order valence-electron chi connectivity index (χ1n) is 5.95. The molecule has 0 radical (unpaired) electrons. The predicted molar refractivity (Wildman–Crippen MR) is 69.6 cm³/mol. The van der Waals surface area contributed by atoms with Gasteiger partial charge in [0.1, 0.15) is 0 Å². The summed E-state index contributed by atoms with van der Waals surface area (Å²) in [6.07, 6.45) is 0.155. The van der Waals surface area contributed by atoms with Gasteiger partial charge in [0.15, 0.2) is 0 Å². The predicted octanol–water partition coefficient (Wildman–Crippen LogP) is 5.21. The van der Waals surface area contributed by atoms with Gasteiger partial charge in [0.25, 0.3) is 0 Å². The molecule has 1 aliphatic carbocycles. The fraction of sp³-hybridized carbons (Fsp3) is 0.538. The van der Waals surface area contributed by atoms with Crippen molar-refractivity contribution >= 4 is 21.6 Å². The Morgan fingerprint density at radius 1 is 1.22 bits per heavy atom. The van der Waals surface area contributed by atoms with Crippen molar-refractivity contribution in [1.82, 2.24) is 0 Å². The van der Waals surface area contributed by atoms with Gasteiger partial charge in [0.2, 0.25) is 0 Å². The van der Waals surface area contributed by atoms with Crippen LogP contribution in [0.1, 0.15) is 38.2 Å². The van der Waals surface area contributed by atoms with Gasteiger partial charge in [-0.05, 0) is 53.9 Å². The SMILES string of the molecule is CC1(Nc2ccc(C(F)(F)F)cc2Br)CCCC1.